The van der Waals surface area contributed by atoms with Crippen molar-refractivity contribution in [3.8, 4) is 0 Å². The lowest BCUT2D eigenvalue weighted by molar-refractivity contribution is 0.0927. The van der Waals surface area contributed by atoms with Crippen molar-refractivity contribution in [2.45, 2.75) is 38.1 Å². The molecule has 1 fully saturated rings. The molecule has 1 saturated carbocycles. The summed E-state index contributed by atoms with van der Waals surface area (Å²) < 4.78 is 0. The summed E-state index contributed by atoms with van der Waals surface area (Å²) in [6.07, 6.45) is 8.84. The fraction of sp³-hybridized carbons (Fsp3) is 0.353. The quantitative estimate of drug-likeness (QED) is 0.891. The van der Waals surface area contributed by atoms with Crippen LogP contribution in [0.25, 0.3) is 0 Å². The van der Waals surface area contributed by atoms with Crippen LogP contribution in [0.3, 0.4) is 0 Å². The Morgan fingerprint density at radius 2 is 1.70 bits per heavy atom. The first-order valence-electron chi connectivity index (χ1n) is 7.86. The number of carbonyl (C=O) groups is 1. The van der Waals surface area contributed by atoms with Crippen molar-refractivity contribution in [3.05, 3.63) is 47.2 Å². The van der Waals surface area contributed by atoms with Crippen molar-refractivity contribution in [3.63, 3.8) is 0 Å². The average molecular weight is 331 g/mol. The standard InChI is InChI=1S/C17H19ClN4O/c18-13-6-8-15(9-7-13)22-17-19-10-12(11-20-17)16(23)21-14-4-2-1-3-5-14/h6-11,14H,1-5H2,(H,21,23)(H,19,20,22). The van der Waals surface area contributed by atoms with Crippen LogP contribution in [0.2, 0.25) is 5.02 Å². The second-order valence-electron chi connectivity index (χ2n) is 5.74. The lowest BCUT2D eigenvalue weighted by atomic mass is 9.95. The highest BCUT2D eigenvalue weighted by Gasteiger charge is 2.17. The largest absolute Gasteiger partial charge is 0.349 e. The third-order valence-corrected chi connectivity index (χ3v) is 4.21. The molecule has 1 amide bonds. The van der Waals surface area contributed by atoms with Crippen LogP contribution < -0.4 is 10.6 Å². The Balaban J connectivity index is 1.59. The SMILES string of the molecule is O=C(NC1CCCCC1)c1cnc(Nc2ccc(Cl)cc2)nc1. The number of hydrogen-bond acceptors (Lipinski definition) is 4. The van der Waals surface area contributed by atoms with Gasteiger partial charge in [-0.2, -0.15) is 0 Å². The van der Waals surface area contributed by atoms with Crippen LogP contribution in [-0.4, -0.2) is 21.9 Å². The zero-order chi connectivity index (χ0) is 16.1. The Labute approximate surface area is 140 Å². The zero-order valence-corrected chi connectivity index (χ0v) is 13.5. The Bertz CT molecular complexity index is 651. The molecule has 1 heterocycles. The Hall–Kier alpha value is -2.14. The molecule has 0 aliphatic heterocycles. The number of nitrogens with zero attached hydrogens (tertiary/aromatic N) is 2. The van der Waals surface area contributed by atoms with E-state index in [-0.39, 0.29) is 11.9 Å². The average Bonchev–Trinajstić information content (AvgIpc) is 2.58. The van der Waals surface area contributed by atoms with Crippen LogP contribution in [-0.2, 0) is 0 Å². The first-order chi connectivity index (χ1) is 11.2. The maximum absolute atomic E-state index is 12.2. The van der Waals surface area contributed by atoms with E-state index in [4.69, 9.17) is 11.6 Å². The second-order valence-corrected chi connectivity index (χ2v) is 6.17. The Morgan fingerprint density at radius 3 is 2.35 bits per heavy atom. The minimum atomic E-state index is -0.102. The Morgan fingerprint density at radius 1 is 1.04 bits per heavy atom. The summed E-state index contributed by atoms with van der Waals surface area (Å²) in [5, 5.41) is 6.80. The predicted octanol–water partition coefficient (Wildman–Crippen LogP) is 3.94. The highest BCUT2D eigenvalue weighted by molar-refractivity contribution is 6.30. The number of anilines is 2. The summed E-state index contributed by atoms with van der Waals surface area (Å²) in [5.41, 5.74) is 1.33. The van der Waals surface area contributed by atoms with Gasteiger partial charge in [-0.05, 0) is 37.1 Å². The van der Waals surface area contributed by atoms with Crippen LogP contribution in [0, 0.1) is 0 Å². The Kier molecular flexibility index (Phi) is 5.08. The van der Waals surface area contributed by atoms with Crippen molar-refractivity contribution in [2.75, 3.05) is 5.32 Å². The van der Waals surface area contributed by atoms with E-state index in [2.05, 4.69) is 20.6 Å². The van der Waals surface area contributed by atoms with Crippen LogP contribution >= 0.6 is 11.6 Å². The van der Waals surface area contributed by atoms with Crippen molar-refractivity contribution < 1.29 is 4.79 Å². The molecule has 1 aromatic carbocycles. The highest BCUT2D eigenvalue weighted by atomic mass is 35.5. The number of amides is 1. The van der Waals surface area contributed by atoms with E-state index < -0.39 is 0 Å². The minimum Gasteiger partial charge on any atom is -0.349 e. The van der Waals surface area contributed by atoms with Gasteiger partial charge < -0.3 is 10.6 Å². The monoisotopic (exact) mass is 330 g/mol. The smallest absolute Gasteiger partial charge is 0.254 e. The summed E-state index contributed by atoms with van der Waals surface area (Å²) in [6, 6.07) is 7.54. The summed E-state index contributed by atoms with van der Waals surface area (Å²) in [4.78, 5) is 20.6. The lowest BCUT2D eigenvalue weighted by Gasteiger charge is -2.22. The third kappa shape index (κ3) is 4.42. The van der Waals surface area contributed by atoms with E-state index in [1.54, 1.807) is 24.5 Å². The van der Waals surface area contributed by atoms with Crippen LogP contribution in [0.1, 0.15) is 42.5 Å². The number of rotatable bonds is 4. The molecule has 0 atom stereocenters. The van der Waals surface area contributed by atoms with Crippen LogP contribution in [0.4, 0.5) is 11.6 Å². The molecule has 3 rings (SSSR count). The molecular weight excluding hydrogens is 312 g/mol. The first-order valence-corrected chi connectivity index (χ1v) is 8.24. The number of hydrogen-bond donors (Lipinski definition) is 2. The molecule has 5 nitrogen and oxygen atoms in total. The van der Waals surface area contributed by atoms with E-state index in [9.17, 15) is 4.79 Å². The molecule has 0 spiro atoms. The number of aromatic nitrogens is 2. The van der Waals surface area contributed by atoms with Gasteiger partial charge in [-0.1, -0.05) is 30.9 Å². The molecule has 23 heavy (non-hydrogen) atoms. The molecule has 1 aliphatic carbocycles. The molecule has 2 aromatic rings. The molecule has 120 valence electrons. The number of benzene rings is 1. The molecule has 0 bridgehead atoms. The van der Waals surface area contributed by atoms with Crippen molar-refractivity contribution in [2.24, 2.45) is 0 Å². The molecule has 0 unspecified atom stereocenters. The van der Waals surface area contributed by atoms with Gasteiger partial charge >= 0.3 is 0 Å². The number of carbonyl (C=O) groups excluding carboxylic acids is 1. The van der Waals surface area contributed by atoms with Gasteiger partial charge in [0, 0.05) is 29.1 Å². The van der Waals surface area contributed by atoms with Crippen molar-refractivity contribution >= 4 is 29.1 Å². The van der Waals surface area contributed by atoms with E-state index in [1.807, 2.05) is 12.1 Å². The zero-order valence-electron chi connectivity index (χ0n) is 12.8. The van der Waals surface area contributed by atoms with Gasteiger partial charge in [-0.25, -0.2) is 9.97 Å². The van der Waals surface area contributed by atoms with Crippen molar-refractivity contribution in [1.29, 1.82) is 0 Å². The van der Waals surface area contributed by atoms with E-state index in [0.717, 1.165) is 18.5 Å². The summed E-state index contributed by atoms with van der Waals surface area (Å²) >= 11 is 5.85. The maximum atomic E-state index is 12.2. The van der Waals surface area contributed by atoms with Gasteiger partial charge in [-0.3, -0.25) is 4.79 Å². The van der Waals surface area contributed by atoms with Gasteiger partial charge in [0.15, 0.2) is 0 Å². The first kappa shape index (κ1) is 15.7. The molecular formula is C17H19ClN4O. The fourth-order valence-corrected chi connectivity index (χ4v) is 2.81. The van der Waals surface area contributed by atoms with E-state index in [0.29, 0.717) is 16.5 Å². The van der Waals surface area contributed by atoms with Crippen LogP contribution in [0.15, 0.2) is 36.7 Å². The predicted molar refractivity (Wildman–Crippen MR) is 91.1 cm³/mol. The lowest BCUT2D eigenvalue weighted by Crippen LogP contribution is -2.36. The molecule has 0 radical (unpaired) electrons. The molecule has 0 saturated heterocycles. The highest BCUT2D eigenvalue weighted by Crippen LogP contribution is 2.18. The summed E-state index contributed by atoms with van der Waals surface area (Å²) in [7, 11) is 0. The van der Waals surface area contributed by atoms with Gasteiger partial charge in [0.25, 0.3) is 5.91 Å². The minimum absolute atomic E-state index is 0.102. The molecule has 1 aliphatic rings. The summed E-state index contributed by atoms with van der Waals surface area (Å²) in [5.74, 6) is 0.344. The van der Waals surface area contributed by atoms with Gasteiger partial charge in [0.1, 0.15) is 0 Å². The van der Waals surface area contributed by atoms with Gasteiger partial charge in [-0.15, -0.1) is 0 Å². The number of nitrogens with one attached hydrogen (secondary N) is 2. The third-order valence-electron chi connectivity index (χ3n) is 3.95. The number of halogens is 1. The van der Waals surface area contributed by atoms with Gasteiger partial charge in [0.05, 0.1) is 5.56 Å². The fourth-order valence-electron chi connectivity index (χ4n) is 2.69. The van der Waals surface area contributed by atoms with E-state index in [1.165, 1.54) is 19.3 Å². The normalized spacial score (nSPS) is 15.2. The molecule has 2 N–H and O–H groups in total. The summed E-state index contributed by atoms with van der Waals surface area (Å²) in [6.45, 7) is 0. The molecule has 6 heteroatoms. The van der Waals surface area contributed by atoms with Crippen molar-refractivity contribution in [1.82, 2.24) is 15.3 Å². The molecule has 1 aromatic heterocycles. The van der Waals surface area contributed by atoms with Crippen LogP contribution in [0.5, 0.6) is 0 Å². The topological polar surface area (TPSA) is 66.9 Å². The van der Waals surface area contributed by atoms with E-state index >= 15 is 0 Å². The second kappa shape index (κ2) is 7.42. The maximum Gasteiger partial charge on any atom is 0.254 e. The van der Waals surface area contributed by atoms with Gasteiger partial charge in [0.2, 0.25) is 5.95 Å².